The van der Waals surface area contributed by atoms with Gasteiger partial charge in [0.25, 0.3) is 6.43 Å². The molecule has 2 heterocycles. The van der Waals surface area contributed by atoms with E-state index in [1.165, 1.54) is 19.4 Å². The van der Waals surface area contributed by atoms with Gasteiger partial charge in [0.05, 0.1) is 25.6 Å². The highest BCUT2D eigenvalue weighted by molar-refractivity contribution is 5.96. The minimum atomic E-state index is -2.78. The van der Waals surface area contributed by atoms with Gasteiger partial charge in [-0.05, 0) is 37.3 Å². The second kappa shape index (κ2) is 6.84. The van der Waals surface area contributed by atoms with Crippen LogP contribution in [-0.4, -0.2) is 34.3 Å². The molecule has 0 aliphatic carbocycles. The third-order valence-electron chi connectivity index (χ3n) is 3.60. The first-order chi connectivity index (χ1) is 12.0. The van der Waals surface area contributed by atoms with E-state index in [1.807, 2.05) is 0 Å². The van der Waals surface area contributed by atoms with Crippen molar-refractivity contribution in [3.05, 3.63) is 47.8 Å². The van der Waals surface area contributed by atoms with Gasteiger partial charge >= 0.3 is 5.97 Å². The van der Waals surface area contributed by atoms with E-state index < -0.39 is 12.4 Å². The maximum Gasteiger partial charge on any atom is 0.343 e. The molecule has 3 aromatic rings. The number of hydrogen-bond acceptors (Lipinski definition) is 5. The van der Waals surface area contributed by atoms with Crippen molar-refractivity contribution in [3.8, 4) is 17.0 Å². The first kappa shape index (κ1) is 16.8. The fourth-order valence-corrected chi connectivity index (χ4v) is 2.40. The standard InChI is InChI=1S/C17H15F2N3O3/c1-3-25-17(23)12-9-20-22-14(15(18)19)8-13(21-16(12)22)10-4-6-11(24-2)7-5-10/h4-9,15H,3H2,1-2H3. The summed E-state index contributed by atoms with van der Waals surface area (Å²) in [6, 6.07) is 8.06. The molecule has 0 radical (unpaired) electrons. The Morgan fingerprint density at radius 2 is 2.00 bits per heavy atom. The summed E-state index contributed by atoms with van der Waals surface area (Å²) in [6.07, 6.45) is -1.60. The van der Waals surface area contributed by atoms with Crippen LogP contribution in [0.3, 0.4) is 0 Å². The smallest absolute Gasteiger partial charge is 0.343 e. The lowest BCUT2D eigenvalue weighted by Crippen LogP contribution is -2.07. The second-order valence-electron chi connectivity index (χ2n) is 5.11. The summed E-state index contributed by atoms with van der Waals surface area (Å²) in [4.78, 5) is 16.3. The Labute approximate surface area is 142 Å². The van der Waals surface area contributed by atoms with Crippen molar-refractivity contribution in [2.24, 2.45) is 0 Å². The Bertz CT molecular complexity index is 907. The highest BCUT2D eigenvalue weighted by atomic mass is 19.3. The van der Waals surface area contributed by atoms with Crippen LogP contribution in [0.1, 0.15) is 29.4 Å². The van der Waals surface area contributed by atoms with Gasteiger partial charge < -0.3 is 9.47 Å². The van der Waals surface area contributed by atoms with E-state index in [9.17, 15) is 13.6 Å². The Kier molecular flexibility index (Phi) is 4.60. The Balaban J connectivity index is 2.18. The molecule has 0 spiro atoms. The molecule has 0 N–H and O–H groups in total. The molecule has 0 aliphatic rings. The number of esters is 1. The molecule has 0 bridgehead atoms. The lowest BCUT2D eigenvalue weighted by molar-refractivity contribution is 0.0528. The summed E-state index contributed by atoms with van der Waals surface area (Å²) in [5.74, 6) is -0.0208. The number of fused-ring (bicyclic) bond motifs is 1. The van der Waals surface area contributed by atoms with Gasteiger partial charge in [-0.1, -0.05) is 0 Å². The molecule has 0 amide bonds. The molecule has 6 nitrogen and oxygen atoms in total. The Hall–Kier alpha value is -3.03. The molecule has 0 unspecified atom stereocenters. The zero-order chi connectivity index (χ0) is 18.0. The van der Waals surface area contributed by atoms with E-state index in [-0.39, 0.29) is 23.5 Å². The van der Waals surface area contributed by atoms with Gasteiger partial charge in [0.2, 0.25) is 0 Å². The van der Waals surface area contributed by atoms with E-state index in [4.69, 9.17) is 9.47 Å². The summed E-state index contributed by atoms with van der Waals surface area (Å²) in [6.45, 7) is 1.82. The number of aromatic nitrogens is 3. The number of hydrogen-bond donors (Lipinski definition) is 0. The number of ether oxygens (including phenoxy) is 2. The number of alkyl halides is 2. The summed E-state index contributed by atoms with van der Waals surface area (Å²) in [7, 11) is 1.53. The first-order valence-electron chi connectivity index (χ1n) is 7.53. The maximum atomic E-state index is 13.4. The third-order valence-corrected chi connectivity index (χ3v) is 3.60. The number of carbonyl (C=O) groups is 1. The van der Waals surface area contributed by atoms with E-state index in [0.29, 0.717) is 17.0 Å². The van der Waals surface area contributed by atoms with Crippen molar-refractivity contribution in [2.75, 3.05) is 13.7 Å². The highest BCUT2D eigenvalue weighted by Crippen LogP contribution is 2.28. The molecule has 0 fully saturated rings. The minimum absolute atomic E-state index is 0.0297. The number of carbonyl (C=O) groups excluding carboxylic acids is 1. The molecule has 3 rings (SSSR count). The average Bonchev–Trinajstić information content (AvgIpc) is 3.05. The van der Waals surface area contributed by atoms with Crippen LogP contribution in [0.4, 0.5) is 8.78 Å². The molecule has 25 heavy (non-hydrogen) atoms. The van der Waals surface area contributed by atoms with Crippen LogP contribution in [0.5, 0.6) is 5.75 Å². The molecular formula is C17H15F2N3O3. The summed E-state index contributed by atoms with van der Waals surface area (Å²) in [5.41, 5.74) is 0.630. The first-order valence-corrected chi connectivity index (χ1v) is 7.53. The molecule has 0 saturated heterocycles. The SMILES string of the molecule is CCOC(=O)c1cnn2c(C(F)F)cc(-c3ccc(OC)cc3)nc12. The molecule has 130 valence electrons. The molecule has 0 saturated carbocycles. The van der Waals surface area contributed by atoms with Crippen molar-refractivity contribution in [1.29, 1.82) is 0 Å². The Morgan fingerprint density at radius 3 is 2.60 bits per heavy atom. The topological polar surface area (TPSA) is 65.7 Å². The van der Waals surface area contributed by atoms with E-state index in [1.54, 1.807) is 31.2 Å². The molecular weight excluding hydrogens is 332 g/mol. The van der Waals surface area contributed by atoms with Crippen LogP contribution in [-0.2, 0) is 4.74 Å². The van der Waals surface area contributed by atoms with Gasteiger partial charge in [0.1, 0.15) is 17.0 Å². The quantitative estimate of drug-likeness (QED) is 0.661. The van der Waals surface area contributed by atoms with Crippen LogP contribution in [0, 0.1) is 0 Å². The lowest BCUT2D eigenvalue weighted by Gasteiger charge is -2.09. The van der Waals surface area contributed by atoms with Crippen molar-refractivity contribution in [3.63, 3.8) is 0 Å². The van der Waals surface area contributed by atoms with E-state index >= 15 is 0 Å². The van der Waals surface area contributed by atoms with Crippen molar-refractivity contribution in [1.82, 2.24) is 14.6 Å². The van der Waals surface area contributed by atoms with Crippen molar-refractivity contribution < 1.29 is 23.0 Å². The van der Waals surface area contributed by atoms with Crippen LogP contribution in [0.15, 0.2) is 36.5 Å². The normalized spacial score (nSPS) is 11.1. The van der Waals surface area contributed by atoms with E-state index in [0.717, 1.165) is 4.52 Å². The number of halogens is 2. The summed E-state index contributed by atoms with van der Waals surface area (Å²) in [5, 5.41) is 3.86. The summed E-state index contributed by atoms with van der Waals surface area (Å²) >= 11 is 0. The van der Waals surface area contributed by atoms with Crippen molar-refractivity contribution >= 4 is 11.6 Å². The maximum absolute atomic E-state index is 13.4. The zero-order valence-corrected chi connectivity index (χ0v) is 13.6. The van der Waals surface area contributed by atoms with Crippen LogP contribution in [0.25, 0.3) is 16.9 Å². The van der Waals surface area contributed by atoms with Crippen molar-refractivity contribution in [2.45, 2.75) is 13.3 Å². The van der Waals surface area contributed by atoms with Crippen LogP contribution in [0.2, 0.25) is 0 Å². The van der Waals surface area contributed by atoms with Gasteiger partial charge in [-0.25, -0.2) is 23.1 Å². The fraction of sp³-hybridized carbons (Fsp3) is 0.235. The number of benzene rings is 1. The largest absolute Gasteiger partial charge is 0.497 e. The predicted octanol–water partition coefficient (Wildman–Crippen LogP) is 3.52. The van der Waals surface area contributed by atoms with Gasteiger partial charge in [-0.15, -0.1) is 0 Å². The van der Waals surface area contributed by atoms with Crippen LogP contribution < -0.4 is 4.74 Å². The Morgan fingerprint density at radius 1 is 1.28 bits per heavy atom. The number of methoxy groups -OCH3 is 1. The average molecular weight is 347 g/mol. The molecule has 1 aromatic carbocycles. The minimum Gasteiger partial charge on any atom is -0.497 e. The lowest BCUT2D eigenvalue weighted by atomic mass is 10.1. The van der Waals surface area contributed by atoms with Gasteiger partial charge in [-0.2, -0.15) is 5.10 Å². The molecule has 2 aromatic heterocycles. The van der Waals surface area contributed by atoms with Gasteiger partial charge in [0.15, 0.2) is 5.65 Å². The zero-order valence-electron chi connectivity index (χ0n) is 13.6. The monoisotopic (exact) mass is 347 g/mol. The highest BCUT2D eigenvalue weighted by Gasteiger charge is 2.22. The molecule has 8 heteroatoms. The second-order valence-corrected chi connectivity index (χ2v) is 5.11. The summed E-state index contributed by atoms with van der Waals surface area (Å²) < 4.78 is 37.9. The predicted molar refractivity (Wildman–Crippen MR) is 85.9 cm³/mol. The molecule has 0 atom stereocenters. The number of nitrogens with zero attached hydrogens (tertiary/aromatic N) is 3. The van der Waals surface area contributed by atoms with E-state index in [2.05, 4.69) is 10.1 Å². The van der Waals surface area contributed by atoms with Gasteiger partial charge in [0, 0.05) is 5.56 Å². The third kappa shape index (κ3) is 3.15. The van der Waals surface area contributed by atoms with Gasteiger partial charge in [-0.3, -0.25) is 0 Å². The number of rotatable bonds is 5. The molecule has 0 aliphatic heterocycles. The fourth-order valence-electron chi connectivity index (χ4n) is 2.40. The van der Waals surface area contributed by atoms with Crippen LogP contribution >= 0.6 is 0 Å².